The van der Waals surface area contributed by atoms with E-state index in [9.17, 15) is 18.3 Å². The Balaban J connectivity index is 2.25. The van der Waals surface area contributed by atoms with Gasteiger partial charge in [0.2, 0.25) is 15.7 Å². The van der Waals surface area contributed by atoms with E-state index in [4.69, 9.17) is 0 Å². The summed E-state index contributed by atoms with van der Waals surface area (Å²) in [5.74, 6) is -0.217. The maximum absolute atomic E-state index is 13.2. The van der Waals surface area contributed by atoms with Crippen molar-refractivity contribution in [3.63, 3.8) is 0 Å². The average Bonchev–Trinajstić information content (AvgIpc) is 2.72. The molecule has 0 aliphatic carbocycles. The Morgan fingerprint density at radius 1 is 1.10 bits per heavy atom. The second-order valence-electron chi connectivity index (χ2n) is 7.00. The quantitative estimate of drug-likeness (QED) is 0.526. The van der Waals surface area contributed by atoms with E-state index < -0.39 is 32.2 Å². The highest BCUT2D eigenvalue weighted by Crippen LogP contribution is 2.31. The first-order valence-electron chi connectivity index (χ1n) is 9.67. The van der Waals surface area contributed by atoms with Gasteiger partial charge in [-0.15, -0.1) is 0 Å². The number of aromatic hydroxyl groups is 1. The minimum absolute atomic E-state index is 0.0832. The Labute approximate surface area is 184 Å². The molecule has 0 amide bonds. The molecule has 0 spiro atoms. The largest absolute Gasteiger partial charge is 0.493 e. The van der Waals surface area contributed by atoms with Crippen LogP contribution in [0.2, 0.25) is 0 Å². The van der Waals surface area contributed by atoms with Crippen LogP contribution in [0.25, 0.3) is 0 Å². The molecular weight excluding hydrogens is 468 g/mol. The molecule has 0 fully saturated rings. The van der Waals surface area contributed by atoms with Crippen molar-refractivity contribution in [2.45, 2.75) is 48.9 Å². The zero-order valence-corrected chi connectivity index (χ0v) is 19.1. The van der Waals surface area contributed by atoms with Gasteiger partial charge in [-0.05, 0) is 43.2 Å². The SMILES string of the molecule is CCCCc1nc(=O)c(S(=O)(=O)c2ccc(Br)cc2)c(O)n1[C@H](C)c1ccccc1. The van der Waals surface area contributed by atoms with E-state index >= 15 is 0 Å². The molecule has 1 aromatic heterocycles. The Kier molecular flexibility index (Phi) is 6.77. The topological polar surface area (TPSA) is 89.3 Å². The number of nitrogens with zero attached hydrogens (tertiary/aromatic N) is 2. The molecule has 1 N–H and O–H groups in total. The van der Waals surface area contributed by atoms with Gasteiger partial charge in [-0.1, -0.05) is 59.6 Å². The summed E-state index contributed by atoms with van der Waals surface area (Å²) in [5.41, 5.74) is -0.0824. The molecule has 30 heavy (non-hydrogen) atoms. The van der Waals surface area contributed by atoms with Crippen molar-refractivity contribution in [1.82, 2.24) is 9.55 Å². The molecule has 0 radical (unpaired) electrons. The van der Waals surface area contributed by atoms with Crippen molar-refractivity contribution in [2.75, 3.05) is 0 Å². The first-order chi connectivity index (χ1) is 14.3. The lowest BCUT2D eigenvalue weighted by Gasteiger charge is -2.23. The molecule has 0 saturated heterocycles. The summed E-state index contributed by atoms with van der Waals surface area (Å²) in [6, 6.07) is 14.9. The van der Waals surface area contributed by atoms with Crippen LogP contribution in [0.15, 0.2) is 73.7 Å². The average molecular weight is 491 g/mol. The van der Waals surface area contributed by atoms with Crippen LogP contribution in [0, 0.1) is 0 Å². The van der Waals surface area contributed by atoms with Crippen LogP contribution in [0.5, 0.6) is 5.88 Å². The highest BCUT2D eigenvalue weighted by atomic mass is 79.9. The van der Waals surface area contributed by atoms with E-state index in [-0.39, 0.29) is 4.90 Å². The Morgan fingerprint density at radius 3 is 2.33 bits per heavy atom. The molecule has 2 aromatic carbocycles. The van der Waals surface area contributed by atoms with E-state index in [2.05, 4.69) is 20.9 Å². The van der Waals surface area contributed by atoms with Gasteiger partial charge in [0.05, 0.1) is 10.9 Å². The number of hydrogen-bond acceptors (Lipinski definition) is 5. The number of sulfone groups is 1. The molecule has 0 aliphatic rings. The van der Waals surface area contributed by atoms with Gasteiger partial charge in [0.15, 0.2) is 4.90 Å². The monoisotopic (exact) mass is 490 g/mol. The lowest BCUT2D eigenvalue weighted by molar-refractivity contribution is 0.369. The predicted molar refractivity (Wildman–Crippen MR) is 119 cm³/mol. The van der Waals surface area contributed by atoms with Gasteiger partial charge in [0, 0.05) is 10.9 Å². The van der Waals surface area contributed by atoms with Crippen LogP contribution in [0.3, 0.4) is 0 Å². The highest BCUT2D eigenvalue weighted by Gasteiger charge is 2.31. The van der Waals surface area contributed by atoms with Crippen molar-refractivity contribution < 1.29 is 13.5 Å². The molecule has 0 saturated carbocycles. The summed E-state index contributed by atoms with van der Waals surface area (Å²) >= 11 is 3.27. The summed E-state index contributed by atoms with van der Waals surface area (Å²) in [6.07, 6.45) is 2.08. The fraction of sp³-hybridized carbons (Fsp3) is 0.273. The van der Waals surface area contributed by atoms with Gasteiger partial charge in [-0.3, -0.25) is 9.36 Å². The molecule has 1 atom stereocenters. The molecule has 6 nitrogen and oxygen atoms in total. The fourth-order valence-electron chi connectivity index (χ4n) is 3.31. The number of benzene rings is 2. The number of halogens is 1. The molecule has 0 bridgehead atoms. The minimum Gasteiger partial charge on any atom is -0.493 e. The maximum Gasteiger partial charge on any atom is 0.296 e. The van der Waals surface area contributed by atoms with Crippen LogP contribution >= 0.6 is 15.9 Å². The lowest BCUT2D eigenvalue weighted by Crippen LogP contribution is -2.27. The normalized spacial score (nSPS) is 12.6. The van der Waals surface area contributed by atoms with Gasteiger partial charge in [-0.25, -0.2) is 8.42 Å². The number of hydrogen-bond donors (Lipinski definition) is 1. The van der Waals surface area contributed by atoms with E-state index in [0.717, 1.165) is 18.4 Å². The van der Waals surface area contributed by atoms with E-state index in [1.165, 1.54) is 16.7 Å². The Hall–Kier alpha value is -2.45. The van der Waals surface area contributed by atoms with Crippen LogP contribution in [-0.4, -0.2) is 23.1 Å². The smallest absolute Gasteiger partial charge is 0.296 e. The van der Waals surface area contributed by atoms with E-state index in [1.807, 2.05) is 44.2 Å². The van der Waals surface area contributed by atoms with Gasteiger partial charge in [0.25, 0.3) is 5.56 Å². The Morgan fingerprint density at radius 2 is 1.73 bits per heavy atom. The molecule has 8 heteroatoms. The van der Waals surface area contributed by atoms with E-state index in [0.29, 0.717) is 16.7 Å². The Bertz CT molecular complexity index is 1190. The summed E-state index contributed by atoms with van der Waals surface area (Å²) in [5, 5.41) is 11.1. The van der Waals surface area contributed by atoms with Gasteiger partial charge >= 0.3 is 0 Å². The van der Waals surface area contributed by atoms with E-state index in [1.54, 1.807) is 12.1 Å². The molecular formula is C22H23BrN2O4S. The minimum atomic E-state index is -4.26. The number of aryl methyl sites for hydroxylation is 1. The van der Waals surface area contributed by atoms with Crippen molar-refractivity contribution in [2.24, 2.45) is 0 Å². The number of aromatic nitrogens is 2. The third-order valence-electron chi connectivity index (χ3n) is 4.95. The molecule has 1 heterocycles. The summed E-state index contributed by atoms with van der Waals surface area (Å²) < 4.78 is 28.5. The van der Waals surface area contributed by atoms with Gasteiger partial charge in [-0.2, -0.15) is 4.98 Å². The number of rotatable bonds is 7. The van der Waals surface area contributed by atoms with Crippen molar-refractivity contribution in [1.29, 1.82) is 0 Å². The van der Waals surface area contributed by atoms with Crippen LogP contribution in [-0.2, 0) is 16.3 Å². The zero-order chi connectivity index (χ0) is 21.9. The molecule has 0 unspecified atom stereocenters. The standard InChI is InChI=1S/C22H23BrN2O4S/c1-3-4-10-19-24-21(26)20(30(28,29)18-13-11-17(23)12-14-18)22(27)25(19)15(2)16-8-6-5-7-9-16/h5-9,11-15,27H,3-4,10H2,1-2H3/t15-/m1/s1. The molecule has 3 aromatic rings. The third kappa shape index (κ3) is 4.34. The summed E-state index contributed by atoms with van der Waals surface area (Å²) in [7, 11) is -4.26. The number of unbranched alkanes of at least 4 members (excludes halogenated alkanes) is 1. The van der Waals surface area contributed by atoms with Crippen molar-refractivity contribution in [3.05, 3.63) is 80.8 Å². The molecule has 158 valence electrons. The molecule has 0 aliphatic heterocycles. The fourth-order valence-corrected chi connectivity index (χ4v) is 4.92. The highest BCUT2D eigenvalue weighted by molar-refractivity contribution is 9.10. The van der Waals surface area contributed by atoms with Gasteiger partial charge in [0.1, 0.15) is 5.82 Å². The second-order valence-corrected chi connectivity index (χ2v) is 9.81. The first kappa shape index (κ1) is 22.2. The van der Waals surface area contributed by atoms with Crippen LogP contribution in [0.1, 0.15) is 44.1 Å². The third-order valence-corrected chi connectivity index (χ3v) is 7.27. The van der Waals surface area contributed by atoms with Crippen LogP contribution in [0.4, 0.5) is 0 Å². The first-order valence-corrected chi connectivity index (χ1v) is 11.9. The maximum atomic E-state index is 13.2. The second kappa shape index (κ2) is 9.14. The summed E-state index contributed by atoms with van der Waals surface area (Å²) in [6.45, 7) is 3.85. The zero-order valence-electron chi connectivity index (χ0n) is 16.7. The van der Waals surface area contributed by atoms with Crippen molar-refractivity contribution in [3.8, 4) is 5.88 Å². The van der Waals surface area contributed by atoms with Gasteiger partial charge < -0.3 is 5.11 Å². The summed E-state index contributed by atoms with van der Waals surface area (Å²) in [4.78, 5) is 16.1. The molecule has 3 rings (SSSR count). The lowest BCUT2D eigenvalue weighted by atomic mass is 10.1. The van der Waals surface area contributed by atoms with Crippen LogP contribution < -0.4 is 5.56 Å². The van der Waals surface area contributed by atoms with Crippen molar-refractivity contribution >= 4 is 25.8 Å². The predicted octanol–water partition coefficient (Wildman–Crippen LogP) is 4.50.